The third-order valence-electron chi connectivity index (χ3n) is 6.53. The summed E-state index contributed by atoms with van der Waals surface area (Å²) in [5.74, 6) is 0.276. The smallest absolute Gasteiger partial charge is 0.168 e. The molecular weight excluding hydrogens is 468 g/mol. The van der Waals surface area contributed by atoms with Crippen LogP contribution in [-0.4, -0.2) is 22.4 Å². The summed E-state index contributed by atoms with van der Waals surface area (Å²) in [6.45, 7) is 12.2. The Hall–Kier alpha value is -2.17. The monoisotopic (exact) mass is 506 g/mol. The highest BCUT2D eigenvalue weighted by molar-refractivity contribution is 8.00. The van der Waals surface area contributed by atoms with Gasteiger partial charge in [-0.15, -0.1) is 36.7 Å². The van der Waals surface area contributed by atoms with Crippen LogP contribution >= 0.6 is 23.5 Å². The number of Topliss-reactive ketones (excluding diaryl/α,β-unsaturated/α-hetero) is 1. The van der Waals surface area contributed by atoms with E-state index in [2.05, 4.69) is 61.7 Å². The summed E-state index contributed by atoms with van der Waals surface area (Å²) in [4.78, 5) is 16.2. The van der Waals surface area contributed by atoms with Crippen LogP contribution in [-0.2, 0) is 9.53 Å². The lowest BCUT2D eigenvalue weighted by atomic mass is 9.75. The number of carbonyl (C=O) groups excluding carboxylic acids is 1. The lowest BCUT2D eigenvalue weighted by Crippen LogP contribution is -2.28. The molecule has 1 aliphatic carbocycles. The summed E-state index contributed by atoms with van der Waals surface area (Å²) in [6, 6.07) is 20.9. The molecule has 0 radical (unpaired) electrons. The molecule has 4 heteroatoms. The van der Waals surface area contributed by atoms with Crippen LogP contribution in [0, 0.1) is 5.41 Å². The van der Waals surface area contributed by atoms with Crippen LogP contribution < -0.4 is 0 Å². The van der Waals surface area contributed by atoms with E-state index in [1.807, 2.05) is 61.7 Å². The fourth-order valence-corrected chi connectivity index (χ4v) is 6.50. The molecule has 0 aromatic heterocycles. The summed E-state index contributed by atoms with van der Waals surface area (Å²) < 4.78 is 5.72. The predicted octanol–water partition coefficient (Wildman–Crippen LogP) is 8.90. The zero-order valence-corrected chi connectivity index (χ0v) is 22.7. The Balaban J connectivity index is 1.72. The van der Waals surface area contributed by atoms with Gasteiger partial charge in [-0.25, -0.2) is 0 Å². The molecule has 1 aliphatic rings. The van der Waals surface area contributed by atoms with Crippen LogP contribution in [0.25, 0.3) is 0 Å². The van der Waals surface area contributed by atoms with Gasteiger partial charge in [0.25, 0.3) is 0 Å². The Morgan fingerprint density at radius 2 is 1.37 bits per heavy atom. The first-order valence-electron chi connectivity index (χ1n) is 12.5. The minimum Gasteiger partial charge on any atom is -0.498 e. The number of rotatable bonds is 14. The maximum Gasteiger partial charge on any atom is 0.168 e. The molecule has 186 valence electrons. The van der Waals surface area contributed by atoms with Gasteiger partial charge in [-0.3, -0.25) is 4.79 Å². The number of ether oxygens (including phenoxy) is 1. The maximum atomic E-state index is 13.7. The standard InChI is InChI=1S/C31H38O2S2/c1-5-26(34-28-13-9-7-10-14-28)18-21-31(20-17-25(30(31)32)23-33-24(3)4)22-19-27(6-2)35-29-15-11-8-12-16-29/h5-16,23-24,26-27H,1-2,17-22H2,3-4H3/b25-23+. The van der Waals surface area contributed by atoms with Crippen molar-refractivity contribution in [2.24, 2.45) is 5.41 Å². The summed E-state index contributed by atoms with van der Waals surface area (Å²) in [7, 11) is 0. The SMILES string of the molecule is C=CC(CCC1(CCC(C=C)Sc2ccccc2)CC/C(=C\OC(C)C)C1=O)Sc1ccccc1. The molecule has 0 heterocycles. The van der Waals surface area contributed by atoms with E-state index in [-0.39, 0.29) is 27.8 Å². The summed E-state index contributed by atoms with van der Waals surface area (Å²) in [6.07, 6.45) is 11.1. The highest BCUT2D eigenvalue weighted by atomic mass is 32.2. The second-order valence-corrected chi connectivity index (χ2v) is 12.1. The third-order valence-corrected chi connectivity index (χ3v) is 9.08. The summed E-state index contributed by atoms with van der Waals surface area (Å²) >= 11 is 3.66. The quantitative estimate of drug-likeness (QED) is 0.111. The molecule has 0 amide bonds. The molecule has 2 aromatic rings. The number of benzene rings is 2. The molecule has 35 heavy (non-hydrogen) atoms. The van der Waals surface area contributed by atoms with Crippen molar-refractivity contribution in [3.05, 3.63) is 97.8 Å². The Labute approximate surface area is 220 Å². The molecule has 2 atom stereocenters. The van der Waals surface area contributed by atoms with Gasteiger partial charge in [0.15, 0.2) is 5.78 Å². The van der Waals surface area contributed by atoms with E-state index in [1.54, 1.807) is 6.26 Å². The molecule has 2 nitrogen and oxygen atoms in total. The van der Waals surface area contributed by atoms with Gasteiger partial charge in [0.05, 0.1) is 12.4 Å². The first-order valence-corrected chi connectivity index (χ1v) is 14.3. The molecule has 3 rings (SSSR count). The lowest BCUT2D eigenvalue weighted by molar-refractivity contribution is -0.124. The minimum atomic E-state index is -0.344. The topological polar surface area (TPSA) is 26.3 Å². The molecule has 0 saturated heterocycles. The van der Waals surface area contributed by atoms with E-state index < -0.39 is 0 Å². The molecule has 0 aliphatic heterocycles. The number of hydrogen-bond donors (Lipinski definition) is 0. The van der Waals surface area contributed by atoms with Crippen LogP contribution in [0.2, 0.25) is 0 Å². The van der Waals surface area contributed by atoms with Crippen LogP contribution in [0.5, 0.6) is 0 Å². The van der Waals surface area contributed by atoms with E-state index in [9.17, 15) is 4.79 Å². The zero-order valence-electron chi connectivity index (χ0n) is 21.0. The Morgan fingerprint density at radius 1 is 0.886 bits per heavy atom. The predicted molar refractivity (Wildman–Crippen MR) is 152 cm³/mol. The molecule has 0 spiro atoms. The van der Waals surface area contributed by atoms with Crippen LogP contribution in [0.3, 0.4) is 0 Å². The van der Waals surface area contributed by atoms with Crippen molar-refractivity contribution in [2.75, 3.05) is 0 Å². The van der Waals surface area contributed by atoms with Crippen molar-refractivity contribution in [1.82, 2.24) is 0 Å². The van der Waals surface area contributed by atoms with Crippen molar-refractivity contribution in [1.29, 1.82) is 0 Å². The normalized spacial score (nSPS) is 20.7. The average Bonchev–Trinajstić information content (AvgIpc) is 3.19. The molecule has 1 saturated carbocycles. The number of ketones is 1. The fraction of sp³-hybridized carbons (Fsp3) is 0.387. The Morgan fingerprint density at radius 3 is 1.80 bits per heavy atom. The Kier molecular flexibility index (Phi) is 10.8. The van der Waals surface area contributed by atoms with Gasteiger partial charge in [-0.1, -0.05) is 48.6 Å². The molecular formula is C31H38O2S2. The number of carbonyl (C=O) groups is 1. The maximum absolute atomic E-state index is 13.7. The van der Waals surface area contributed by atoms with Crippen molar-refractivity contribution in [3.8, 4) is 0 Å². The van der Waals surface area contributed by atoms with E-state index in [4.69, 9.17) is 4.74 Å². The van der Waals surface area contributed by atoms with Gasteiger partial charge < -0.3 is 4.74 Å². The lowest BCUT2D eigenvalue weighted by Gasteiger charge is -2.30. The first-order chi connectivity index (χ1) is 17.0. The number of hydrogen-bond acceptors (Lipinski definition) is 4. The summed E-state index contributed by atoms with van der Waals surface area (Å²) in [5.41, 5.74) is 0.499. The Bertz CT molecular complexity index is 924. The molecule has 0 bridgehead atoms. The highest BCUT2D eigenvalue weighted by Crippen LogP contribution is 2.48. The highest BCUT2D eigenvalue weighted by Gasteiger charge is 2.44. The van der Waals surface area contributed by atoms with Gasteiger partial charge in [-0.2, -0.15) is 0 Å². The molecule has 1 fully saturated rings. The largest absolute Gasteiger partial charge is 0.498 e. The molecule has 0 N–H and O–H groups in total. The van der Waals surface area contributed by atoms with Crippen LogP contribution in [0.1, 0.15) is 52.4 Å². The van der Waals surface area contributed by atoms with Crippen molar-refractivity contribution < 1.29 is 9.53 Å². The van der Waals surface area contributed by atoms with Gasteiger partial charge >= 0.3 is 0 Å². The van der Waals surface area contributed by atoms with E-state index >= 15 is 0 Å². The van der Waals surface area contributed by atoms with Crippen molar-refractivity contribution in [2.45, 2.75) is 78.8 Å². The van der Waals surface area contributed by atoms with Crippen molar-refractivity contribution >= 4 is 29.3 Å². The average molecular weight is 507 g/mol. The summed E-state index contributed by atoms with van der Waals surface area (Å²) in [5, 5.41) is 0.548. The second kappa shape index (κ2) is 13.8. The van der Waals surface area contributed by atoms with Gasteiger partial charge in [0.2, 0.25) is 0 Å². The van der Waals surface area contributed by atoms with Gasteiger partial charge in [0.1, 0.15) is 0 Å². The van der Waals surface area contributed by atoms with Gasteiger partial charge in [-0.05, 0) is 76.6 Å². The molecule has 2 unspecified atom stereocenters. The van der Waals surface area contributed by atoms with Crippen LogP contribution in [0.15, 0.2) is 108 Å². The number of allylic oxidation sites excluding steroid dienone is 1. The van der Waals surface area contributed by atoms with Gasteiger partial charge in [0, 0.05) is 31.3 Å². The zero-order chi connectivity index (χ0) is 25.1. The van der Waals surface area contributed by atoms with Crippen LogP contribution in [0.4, 0.5) is 0 Å². The van der Waals surface area contributed by atoms with E-state index in [0.29, 0.717) is 0 Å². The van der Waals surface area contributed by atoms with E-state index in [0.717, 1.165) is 44.1 Å². The number of thioether (sulfide) groups is 2. The van der Waals surface area contributed by atoms with E-state index in [1.165, 1.54) is 9.79 Å². The minimum absolute atomic E-state index is 0.0742. The first kappa shape index (κ1) is 27.4. The van der Waals surface area contributed by atoms with Crippen molar-refractivity contribution in [3.63, 3.8) is 0 Å². The second-order valence-electron chi connectivity index (χ2n) is 9.42. The molecule has 2 aromatic carbocycles. The third kappa shape index (κ3) is 8.18. The fourth-order valence-electron chi connectivity index (χ4n) is 4.51.